The van der Waals surface area contributed by atoms with E-state index in [0.29, 0.717) is 16.2 Å². The lowest BCUT2D eigenvalue weighted by Gasteiger charge is -2.15. The minimum absolute atomic E-state index is 0.371. The number of rotatable bonds is 7. The molecule has 6 heteroatoms. The van der Waals surface area contributed by atoms with Gasteiger partial charge in [-0.2, -0.15) is 0 Å². The Hall–Kier alpha value is -0.560. The van der Waals surface area contributed by atoms with E-state index < -0.39 is 9.84 Å². The average molecular weight is 329 g/mol. The van der Waals surface area contributed by atoms with Crippen molar-refractivity contribution in [2.45, 2.75) is 40.9 Å². The molecule has 0 radical (unpaired) electrons. The van der Waals surface area contributed by atoms with E-state index in [-0.39, 0.29) is 0 Å². The highest BCUT2D eigenvalue weighted by molar-refractivity contribution is 8.00. The van der Waals surface area contributed by atoms with Crippen LogP contribution < -0.4 is 5.32 Å². The average Bonchev–Trinajstić information content (AvgIpc) is 2.91. The predicted octanol–water partition coefficient (Wildman–Crippen LogP) is 2.34. The minimum Gasteiger partial charge on any atom is -0.377 e. The van der Waals surface area contributed by atoms with E-state index in [0.717, 1.165) is 31.0 Å². The van der Waals surface area contributed by atoms with E-state index in [4.69, 9.17) is 4.74 Å². The Kier molecular flexibility index (Phi) is 6.10. The molecule has 2 unspecified atom stereocenters. The first kappa shape index (κ1) is 16.8. The Labute approximate surface area is 131 Å². The Morgan fingerprint density at radius 3 is 2.67 bits per heavy atom. The van der Waals surface area contributed by atoms with Crippen LogP contribution in [0.2, 0.25) is 0 Å². The van der Waals surface area contributed by atoms with Crippen LogP contribution in [0.15, 0.2) is 34.1 Å². The highest BCUT2D eigenvalue weighted by Gasteiger charge is 2.15. The van der Waals surface area contributed by atoms with Crippen molar-refractivity contribution in [2.75, 3.05) is 26.0 Å². The van der Waals surface area contributed by atoms with Gasteiger partial charge >= 0.3 is 0 Å². The molecule has 1 fully saturated rings. The summed E-state index contributed by atoms with van der Waals surface area (Å²) in [6.45, 7) is 4.89. The largest absolute Gasteiger partial charge is 0.377 e. The molecule has 1 N–H and O–H groups in total. The summed E-state index contributed by atoms with van der Waals surface area (Å²) in [5.74, 6) is 0. The molecule has 0 saturated carbocycles. The van der Waals surface area contributed by atoms with Crippen LogP contribution in [0.1, 0.15) is 19.8 Å². The summed E-state index contributed by atoms with van der Waals surface area (Å²) in [5.41, 5.74) is 0. The maximum absolute atomic E-state index is 11.4. The number of thioether (sulfide) groups is 1. The second-order valence-electron chi connectivity index (χ2n) is 5.47. The van der Waals surface area contributed by atoms with Gasteiger partial charge in [0.25, 0.3) is 0 Å². The van der Waals surface area contributed by atoms with E-state index in [9.17, 15) is 8.42 Å². The molecule has 1 aromatic carbocycles. The highest BCUT2D eigenvalue weighted by Crippen LogP contribution is 2.24. The number of hydrogen-bond donors (Lipinski definition) is 1. The molecule has 1 heterocycles. The zero-order valence-corrected chi connectivity index (χ0v) is 14.2. The maximum atomic E-state index is 11.4. The van der Waals surface area contributed by atoms with Crippen LogP contribution in [-0.4, -0.2) is 45.7 Å². The Morgan fingerprint density at radius 1 is 1.38 bits per heavy atom. The van der Waals surface area contributed by atoms with Crippen molar-refractivity contribution < 1.29 is 13.2 Å². The topological polar surface area (TPSA) is 55.4 Å². The standard InChI is InChI=1S/C15H23NO3S2/c1-12(10-16-11-13-4-3-9-19-13)20-14-5-7-15(8-6-14)21(2,17)18/h5-8,12-13,16H,3-4,9-11H2,1-2H3. The molecule has 21 heavy (non-hydrogen) atoms. The third kappa shape index (κ3) is 5.62. The van der Waals surface area contributed by atoms with Crippen molar-refractivity contribution in [2.24, 2.45) is 0 Å². The Balaban J connectivity index is 1.75. The third-order valence-corrected chi connectivity index (χ3v) is 5.66. The lowest BCUT2D eigenvalue weighted by atomic mass is 10.2. The van der Waals surface area contributed by atoms with Crippen LogP contribution in [0.4, 0.5) is 0 Å². The van der Waals surface area contributed by atoms with Gasteiger partial charge in [0.15, 0.2) is 9.84 Å². The van der Waals surface area contributed by atoms with E-state index in [1.807, 2.05) is 12.1 Å². The fraction of sp³-hybridized carbons (Fsp3) is 0.600. The van der Waals surface area contributed by atoms with Crippen molar-refractivity contribution in [3.8, 4) is 0 Å². The molecule has 0 bridgehead atoms. The lowest BCUT2D eigenvalue weighted by molar-refractivity contribution is 0.110. The number of hydrogen-bond acceptors (Lipinski definition) is 5. The summed E-state index contributed by atoms with van der Waals surface area (Å²) in [6, 6.07) is 7.09. The van der Waals surface area contributed by atoms with Gasteiger partial charge in [-0.25, -0.2) is 8.42 Å². The third-order valence-electron chi connectivity index (χ3n) is 3.42. The van der Waals surface area contributed by atoms with Gasteiger partial charge in [-0.3, -0.25) is 0 Å². The first-order chi connectivity index (χ1) is 9.95. The fourth-order valence-electron chi connectivity index (χ4n) is 2.29. The zero-order valence-electron chi connectivity index (χ0n) is 12.5. The molecule has 4 nitrogen and oxygen atoms in total. The second-order valence-corrected chi connectivity index (χ2v) is 8.99. The van der Waals surface area contributed by atoms with Crippen molar-refractivity contribution in [1.29, 1.82) is 0 Å². The number of nitrogens with one attached hydrogen (secondary N) is 1. The highest BCUT2D eigenvalue weighted by atomic mass is 32.2. The second kappa shape index (κ2) is 7.63. The first-order valence-electron chi connectivity index (χ1n) is 7.24. The first-order valence-corrected chi connectivity index (χ1v) is 10.0. The lowest BCUT2D eigenvalue weighted by Crippen LogP contribution is -2.30. The van der Waals surface area contributed by atoms with E-state index in [1.54, 1.807) is 23.9 Å². The van der Waals surface area contributed by atoms with Crippen molar-refractivity contribution in [3.63, 3.8) is 0 Å². The summed E-state index contributed by atoms with van der Waals surface area (Å²) in [5, 5.41) is 3.87. The van der Waals surface area contributed by atoms with Gasteiger partial charge in [-0.05, 0) is 37.1 Å². The van der Waals surface area contributed by atoms with Crippen LogP contribution in [0.3, 0.4) is 0 Å². The number of sulfone groups is 1. The smallest absolute Gasteiger partial charge is 0.175 e. The predicted molar refractivity (Wildman–Crippen MR) is 86.7 cm³/mol. The van der Waals surface area contributed by atoms with Crippen LogP contribution in [0.5, 0.6) is 0 Å². The van der Waals surface area contributed by atoms with Gasteiger partial charge in [0.1, 0.15) is 0 Å². The van der Waals surface area contributed by atoms with Crippen molar-refractivity contribution >= 4 is 21.6 Å². The van der Waals surface area contributed by atoms with E-state index >= 15 is 0 Å². The molecule has 0 aromatic heterocycles. The van der Waals surface area contributed by atoms with Gasteiger partial charge in [-0.15, -0.1) is 11.8 Å². The molecule has 1 aliphatic heterocycles. The molecular weight excluding hydrogens is 306 g/mol. The monoisotopic (exact) mass is 329 g/mol. The summed E-state index contributed by atoms with van der Waals surface area (Å²) >= 11 is 1.75. The summed E-state index contributed by atoms with van der Waals surface area (Å²) in [7, 11) is -3.11. The summed E-state index contributed by atoms with van der Waals surface area (Å²) in [6.07, 6.45) is 3.92. The fourth-order valence-corrected chi connectivity index (χ4v) is 3.88. The van der Waals surface area contributed by atoms with Gasteiger partial charge in [0, 0.05) is 36.1 Å². The van der Waals surface area contributed by atoms with Crippen LogP contribution >= 0.6 is 11.8 Å². The van der Waals surface area contributed by atoms with Crippen molar-refractivity contribution in [1.82, 2.24) is 5.32 Å². The molecule has 1 aromatic rings. The molecular formula is C15H23NO3S2. The molecule has 2 rings (SSSR count). The van der Waals surface area contributed by atoms with Gasteiger partial charge in [0.05, 0.1) is 11.0 Å². The summed E-state index contributed by atoms with van der Waals surface area (Å²) in [4.78, 5) is 1.46. The maximum Gasteiger partial charge on any atom is 0.175 e. The summed E-state index contributed by atoms with van der Waals surface area (Å²) < 4.78 is 28.4. The Bertz CT molecular complexity index is 537. The molecule has 2 atom stereocenters. The Morgan fingerprint density at radius 2 is 2.10 bits per heavy atom. The van der Waals surface area contributed by atoms with Crippen LogP contribution in [0.25, 0.3) is 0 Å². The quantitative estimate of drug-likeness (QED) is 0.778. The molecule has 1 saturated heterocycles. The molecule has 118 valence electrons. The van der Waals surface area contributed by atoms with Gasteiger partial charge in [0.2, 0.25) is 0 Å². The van der Waals surface area contributed by atoms with Crippen LogP contribution in [-0.2, 0) is 14.6 Å². The van der Waals surface area contributed by atoms with E-state index in [2.05, 4.69) is 12.2 Å². The molecule has 0 amide bonds. The van der Waals surface area contributed by atoms with Gasteiger partial charge < -0.3 is 10.1 Å². The molecule has 0 aliphatic carbocycles. The number of ether oxygens (including phenoxy) is 1. The molecule has 0 spiro atoms. The molecule has 1 aliphatic rings. The van der Waals surface area contributed by atoms with Crippen LogP contribution in [0, 0.1) is 0 Å². The zero-order chi connectivity index (χ0) is 15.3. The number of benzene rings is 1. The minimum atomic E-state index is -3.11. The van der Waals surface area contributed by atoms with Crippen molar-refractivity contribution in [3.05, 3.63) is 24.3 Å². The normalized spacial score (nSPS) is 20.6. The van der Waals surface area contributed by atoms with E-state index in [1.165, 1.54) is 12.7 Å². The van der Waals surface area contributed by atoms with Gasteiger partial charge in [-0.1, -0.05) is 6.92 Å². The SMILES string of the molecule is CC(CNCC1CCCO1)Sc1ccc(S(C)(=O)=O)cc1.